The number of rotatable bonds is 4. The lowest BCUT2D eigenvalue weighted by atomic mass is 10.0. The smallest absolute Gasteiger partial charge is 0.254 e. The topological polar surface area (TPSA) is 52.6 Å². The summed E-state index contributed by atoms with van der Waals surface area (Å²) in [6, 6.07) is 6.17. The van der Waals surface area contributed by atoms with Gasteiger partial charge < -0.3 is 14.7 Å². The summed E-state index contributed by atoms with van der Waals surface area (Å²) in [6.07, 6.45) is 4.29. The molecule has 0 spiro atoms. The molecule has 0 aliphatic carbocycles. The Bertz CT molecular complexity index is 926. The molecule has 2 aromatic rings. The number of hydrogen-bond acceptors (Lipinski definition) is 5. The molecule has 160 valence electrons. The Morgan fingerprint density at radius 2 is 1.90 bits per heavy atom. The van der Waals surface area contributed by atoms with Crippen LogP contribution in [0.5, 0.6) is 0 Å². The van der Waals surface area contributed by atoms with Gasteiger partial charge in [0.15, 0.2) is 0 Å². The third-order valence-electron chi connectivity index (χ3n) is 6.13. The molecular weight excluding hydrogens is 381 g/mol. The second-order valence-corrected chi connectivity index (χ2v) is 8.51. The predicted molar refractivity (Wildman–Crippen MR) is 116 cm³/mol. The molecule has 1 amide bonds. The molecule has 0 radical (unpaired) electrons. The van der Waals surface area contributed by atoms with Crippen LogP contribution in [0.2, 0.25) is 0 Å². The minimum atomic E-state index is -0.395. The van der Waals surface area contributed by atoms with E-state index in [0.717, 1.165) is 36.1 Å². The van der Waals surface area contributed by atoms with Crippen molar-refractivity contribution in [3.8, 4) is 0 Å². The molecule has 4 rings (SSSR count). The highest BCUT2D eigenvalue weighted by atomic mass is 19.1. The lowest BCUT2D eigenvalue weighted by Gasteiger charge is -2.35. The fraction of sp³-hybridized carbons (Fsp3) is 0.522. The second-order valence-electron chi connectivity index (χ2n) is 8.51. The van der Waals surface area contributed by atoms with E-state index in [1.165, 1.54) is 31.4 Å². The molecule has 1 fully saturated rings. The Hall–Kier alpha value is -2.70. The summed E-state index contributed by atoms with van der Waals surface area (Å²) in [5.41, 5.74) is 2.40. The number of fused-ring (bicyclic) bond motifs is 1. The van der Waals surface area contributed by atoms with Crippen LogP contribution in [0.15, 0.2) is 24.3 Å². The van der Waals surface area contributed by atoms with E-state index in [1.807, 2.05) is 7.05 Å². The number of carbonyl (C=O) groups excluding carboxylic acids is 1. The van der Waals surface area contributed by atoms with Gasteiger partial charge in [-0.3, -0.25) is 4.79 Å². The van der Waals surface area contributed by atoms with Crippen LogP contribution < -0.4 is 9.80 Å². The highest BCUT2D eigenvalue weighted by Crippen LogP contribution is 2.31. The Balaban J connectivity index is 1.67. The summed E-state index contributed by atoms with van der Waals surface area (Å²) >= 11 is 0. The zero-order valence-corrected chi connectivity index (χ0v) is 18.1. The van der Waals surface area contributed by atoms with Gasteiger partial charge in [0.1, 0.15) is 11.6 Å². The van der Waals surface area contributed by atoms with Crippen molar-refractivity contribution in [1.29, 1.82) is 0 Å². The van der Waals surface area contributed by atoms with Crippen LogP contribution >= 0.6 is 0 Å². The van der Waals surface area contributed by atoms with Crippen molar-refractivity contribution in [3.05, 3.63) is 46.9 Å². The lowest BCUT2D eigenvalue weighted by Crippen LogP contribution is -2.39. The van der Waals surface area contributed by atoms with Gasteiger partial charge in [-0.2, -0.15) is 4.98 Å². The standard InChI is InChI=1S/C23H30FN5O/c1-16(2)27(3)21-19-15-29(22(30)17-8-7-9-18(24)14-17)13-10-20(19)25-23(26-21)28-11-5-4-6-12-28/h7-9,14,16H,4-6,10-13,15H2,1-3H3. The molecule has 6 nitrogen and oxygen atoms in total. The number of hydrogen-bond donors (Lipinski definition) is 0. The molecule has 0 N–H and O–H groups in total. The van der Waals surface area contributed by atoms with Crippen LogP contribution in [-0.2, 0) is 13.0 Å². The van der Waals surface area contributed by atoms with Crippen LogP contribution in [0.3, 0.4) is 0 Å². The number of aromatic nitrogens is 2. The summed E-state index contributed by atoms with van der Waals surface area (Å²) in [5.74, 6) is 1.15. The lowest BCUT2D eigenvalue weighted by molar-refractivity contribution is 0.0733. The fourth-order valence-electron chi connectivity index (χ4n) is 4.13. The first kappa shape index (κ1) is 20.6. The SMILES string of the molecule is CC(C)N(C)c1nc(N2CCCCC2)nc2c1CN(C(=O)c1cccc(F)c1)CC2. The molecule has 0 atom stereocenters. The van der Waals surface area contributed by atoms with E-state index < -0.39 is 5.82 Å². The monoisotopic (exact) mass is 411 g/mol. The highest BCUT2D eigenvalue weighted by Gasteiger charge is 2.29. The number of amides is 1. The molecule has 2 aliphatic heterocycles. The predicted octanol–water partition coefficient (Wildman–Crippen LogP) is 3.65. The third-order valence-corrected chi connectivity index (χ3v) is 6.13. The number of anilines is 2. The van der Waals surface area contributed by atoms with Crippen molar-refractivity contribution < 1.29 is 9.18 Å². The van der Waals surface area contributed by atoms with Crippen LogP contribution in [0.1, 0.15) is 54.7 Å². The molecule has 1 saturated heterocycles. The largest absolute Gasteiger partial charge is 0.357 e. The molecule has 1 aromatic carbocycles. The van der Waals surface area contributed by atoms with Crippen LogP contribution in [0.25, 0.3) is 0 Å². The van der Waals surface area contributed by atoms with Crippen molar-refractivity contribution in [2.24, 2.45) is 0 Å². The normalized spacial score (nSPS) is 16.6. The summed E-state index contributed by atoms with van der Waals surface area (Å²) in [7, 11) is 2.04. The zero-order chi connectivity index (χ0) is 21.3. The van der Waals surface area contributed by atoms with Gasteiger partial charge in [0.25, 0.3) is 5.91 Å². The van der Waals surface area contributed by atoms with Gasteiger partial charge in [-0.15, -0.1) is 0 Å². The Morgan fingerprint density at radius 1 is 1.13 bits per heavy atom. The van der Waals surface area contributed by atoms with Crippen molar-refractivity contribution in [1.82, 2.24) is 14.9 Å². The van der Waals surface area contributed by atoms with E-state index in [-0.39, 0.29) is 11.9 Å². The van der Waals surface area contributed by atoms with Gasteiger partial charge >= 0.3 is 0 Å². The van der Waals surface area contributed by atoms with Crippen molar-refractivity contribution in [3.63, 3.8) is 0 Å². The zero-order valence-electron chi connectivity index (χ0n) is 18.1. The number of piperidine rings is 1. The number of carbonyl (C=O) groups is 1. The van der Waals surface area contributed by atoms with Gasteiger partial charge in [-0.1, -0.05) is 6.07 Å². The first-order chi connectivity index (χ1) is 14.4. The molecule has 0 bridgehead atoms. The van der Waals surface area contributed by atoms with Gasteiger partial charge in [-0.25, -0.2) is 9.37 Å². The van der Waals surface area contributed by atoms with E-state index in [1.54, 1.807) is 17.0 Å². The summed E-state index contributed by atoms with van der Waals surface area (Å²) in [5, 5.41) is 0. The maximum atomic E-state index is 13.6. The van der Waals surface area contributed by atoms with Crippen LogP contribution in [0, 0.1) is 5.82 Å². The molecule has 30 heavy (non-hydrogen) atoms. The molecule has 0 saturated carbocycles. The first-order valence-corrected chi connectivity index (χ1v) is 10.9. The average Bonchev–Trinajstić information content (AvgIpc) is 2.77. The molecule has 2 aliphatic rings. The van der Waals surface area contributed by atoms with E-state index in [2.05, 4.69) is 23.6 Å². The van der Waals surface area contributed by atoms with Gasteiger partial charge in [-0.05, 0) is 51.3 Å². The first-order valence-electron chi connectivity index (χ1n) is 10.9. The minimum Gasteiger partial charge on any atom is -0.357 e. The quantitative estimate of drug-likeness (QED) is 0.769. The summed E-state index contributed by atoms with van der Waals surface area (Å²) in [4.78, 5) is 29.1. The number of halogens is 1. The van der Waals surface area contributed by atoms with E-state index in [0.29, 0.717) is 25.1 Å². The van der Waals surface area contributed by atoms with Crippen molar-refractivity contribution in [2.45, 2.75) is 52.1 Å². The average molecular weight is 412 g/mol. The Morgan fingerprint density at radius 3 is 2.60 bits per heavy atom. The second kappa shape index (κ2) is 8.58. The van der Waals surface area contributed by atoms with E-state index in [9.17, 15) is 9.18 Å². The fourth-order valence-corrected chi connectivity index (χ4v) is 4.13. The number of nitrogens with zero attached hydrogens (tertiary/aromatic N) is 5. The van der Waals surface area contributed by atoms with Crippen LogP contribution in [-0.4, -0.2) is 53.5 Å². The number of benzene rings is 1. The minimum absolute atomic E-state index is 0.154. The van der Waals surface area contributed by atoms with Gasteiger partial charge in [0.05, 0.1) is 12.2 Å². The Labute approximate surface area is 177 Å². The van der Waals surface area contributed by atoms with E-state index >= 15 is 0 Å². The Kier molecular flexibility index (Phi) is 5.88. The van der Waals surface area contributed by atoms with Gasteiger partial charge in [0.2, 0.25) is 5.95 Å². The van der Waals surface area contributed by atoms with Crippen molar-refractivity contribution >= 4 is 17.7 Å². The maximum Gasteiger partial charge on any atom is 0.254 e. The summed E-state index contributed by atoms with van der Waals surface area (Å²) < 4.78 is 13.6. The van der Waals surface area contributed by atoms with E-state index in [4.69, 9.17) is 9.97 Å². The molecule has 0 unspecified atom stereocenters. The van der Waals surface area contributed by atoms with Gasteiger partial charge in [0, 0.05) is 50.3 Å². The maximum absolute atomic E-state index is 13.6. The molecule has 3 heterocycles. The molecule has 1 aromatic heterocycles. The highest BCUT2D eigenvalue weighted by molar-refractivity contribution is 5.94. The van der Waals surface area contributed by atoms with Crippen LogP contribution in [0.4, 0.5) is 16.2 Å². The summed E-state index contributed by atoms with van der Waals surface area (Å²) in [6.45, 7) is 7.27. The van der Waals surface area contributed by atoms with Crippen molar-refractivity contribution in [2.75, 3.05) is 36.5 Å². The molecular formula is C23H30FN5O. The third kappa shape index (κ3) is 4.11. The molecule has 7 heteroatoms.